The first-order chi connectivity index (χ1) is 9.06. The van der Waals surface area contributed by atoms with E-state index in [9.17, 15) is 18.9 Å². The SMILES string of the molecule is O=[N+]([O-])c1cc(F)ccc1OCc1ccc(F)cc1. The highest BCUT2D eigenvalue weighted by Crippen LogP contribution is 2.28. The van der Waals surface area contributed by atoms with Crippen molar-refractivity contribution in [3.05, 3.63) is 69.8 Å². The van der Waals surface area contributed by atoms with Crippen LogP contribution in [0.25, 0.3) is 0 Å². The quantitative estimate of drug-likeness (QED) is 0.628. The molecule has 0 spiro atoms. The maximum Gasteiger partial charge on any atom is 0.313 e. The van der Waals surface area contributed by atoms with Gasteiger partial charge in [-0.1, -0.05) is 12.1 Å². The van der Waals surface area contributed by atoms with Crippen LogP contribution in [0.3, 0.4) is 0 Å². The fourth-order valence-corrected chi connectivity index (χ4v) is 1.50. The molecule has 0 saturated carbocycles. The average Bonchev–Trinajstić information content (AvgIpc) is 2.39. The zero-order valence-corrected chi connectivity index (χ0v) is 9.68. The van der Waals surface area contributed by atoms with Crippen molar-refractivity contribution in [3.63, 3.8) is 0 Å². The van der Waals surface area contributed by atoms with Gasteiger partial charge in [-0.25, -0.2) is 8.78 Å². The van der Waals surface area contributed by atoms with Crippen LogP contribution in [0.15, 0.2) is 42.5 Å². The van der Waals surface area contributed by atoms with Crippen LogP contribution in [0, 0.1) is 21.7 Å². The van der Waals surface area contributed by atoms with Crippen LogP contribution < -0.4 is 4.74 Å². The van der Waals surface area contributed by atoms with Gasteiger partial charge in [-0.15, -0.1) is 0 Å². The van der Waals surface area contributed by atoms with E-state index >= 15 is 0 Å². The molecule has 0 radical (unpaired) electrons. The molecule has 6 heteroatoms. The summed E-state index contributed by atoms with van der Waals surface area (Å²) in [6, 6.07) is 8.59. The van der Waals surface area contributed by atoms with E-state index in [1.54, 1.807) is 0 Å². The predicted molar refractivity (Wildman–Crippen MR) is 63.8 cm³/mol. The molecular weight excluding hydrogens is 256 g/mol. The summed E-state index contributed by atoms with van der Waals surface area (Å²) < 4.78 is 30.9. The molecular formula is C13H9F2NO3. The average molecular weight is 265 g/mol. The molecule has 0 heterocycles. The van der Waals surface area contributed by atoms with E-state index in [1.807, 2.05) is 0 Å². The summed E-state index contributed by atoms with van der Waals surface area (Å²) in [6.07, 6.45) is 0. The minimum absolute atomic E-state index is 0.0317. The van der Waals surface area contributed by atoms with Gasteiger partial charge in [0.15, 0.2) is 5.75 Å². The number of ether oxygens (including phenoxy) is 1. The summed E-state index contributed by atoms with van der Waals surface area (Å²) in [5.74, 6) is -1.12. The van der Waals surface area contributed by atoms with Crippen molar-refractivity contribution in [2.75, 3.05) is 0 Å². The number of hydrogen-bond donors (Lipinski definition) is 0. The van der Waals surface area contributed by atoms with Crippen molar-refractivity contribution in [1.82, 2.24) is 0 Å². The lowest BCUT2D eigenvalue weighted by Crippen LogP contribution is -1.99. The van der Waals surface area contributed by atoms with Gasteiger partial charge in [-0.05, 0) is 29.8 Å². The molecule has 98 valence electrons. The second kappa shape index (κ2) is 5.43. The molecule has 0 atom stereocenters. The van der Waals surface area contributed by atoms with Gasteiger partial charge in [-0.2, -0.15) is 0 Å². The summed E-state index contributed by atoms with van der Waals surface area (Å²) >= 11 is 0. The van der Waals surface area contributed by atoms with Gasteiger partial charge in [-0.3, -0.25) is 10.1 Å². The van der Waals surface area contributed by atoms with Crippen LogP contribution in [0.1, 0.15) is 5.56 Å². The zero-order chi connectivity index (χ0) is 13.8. The molecule has 19 heavy (non-hydrogen) atoms. The molecule has 0 bridgehead atoms. The van der Waals surface area contributed by atoms with Gasteiger partial charge in [0.25, 0.3) is 0 Å². The van der Waals surface area contributed by atoms with Gasteiger partial charge in [0.1, 0.15) is 18.2 Å². The van der Waals surface area contributed by atoms with E-state index in [2.05, 4.69) is 0 Å². The lowest BCUT2D eigenvalue weighted by atomic mass is 10.2. The van der Waals surface area contributed by atoms with Gasteiger partial charge in [0.05, 0.1) is 11.0 Å². The Morgan fingerprint density at radius 1 is 1.05 bits per heavy atom. The Balaban J connectivity index is 2.15. The predicted octanol–water partition coefficient (Wildman–Crippen LogP) is 3.45. The minimum Gasteiger partial charge on any atom is -0.482 e. The number of rotatable bonds is 4. The van der Waals surface area contributed by atoms with Crippen LogP contribution >= 0.6 is 0 Å². The van der Waals surface area contributed by atoms with E-state index in [0.29, 0.717) is 5.56 Å². The summed E-state index contributed by atoms with van der Waals surface area (Å²) in [7, 11) is 0. The number of halogens is 2. The number of nitro groups is 1. The highest BCUT2D eigenvalue weighted by molar-refractivity contribution is 5.46. The second-order valence-electron chi connectivity index (χ2n) is 3.78. The topological polar surface area (TPSA) is 52.4 Å². The molecule has 0 aliphatic rings. The first-order valence-corrected chi connectivity index (χ1v) is 5.37. The molecule has 0 aromatic heterocycles. The maximum absolute atomic E-state index is 12.9. The van der Waals surface area contributed by atoms with Crippen LogP contribution in [0.5, 0.6) is 5.75 Å². The van der Waals surface area contributed by atoms with E-state index in [0.717, 1.165) is 12.1 Å². The smallest absolute Gasteiger partial charge is 0.313 e. The lowest BCUT2D eigenvalue weighted by Gasteiger charge is -2.06. The highest BCUT2D eigenvalue weighted by atomic mass is 19.1. The Morgan fingerprint density at radius 2 is 1.68 bits per heavy atom. The molecule has 2 aromatic carbocycles. The Hall–Kier alpha value is -2.50. The summed E-state index contributed by atoms with van der Waals surface area (Å²) in [5.41, 5.74) is 0.210. The van der Waals surface area contributed by atoms with Crippen LogP contribution in [0.4, 0.5) is 14.5 Å². The van der Waals surface area contributed by atoms with Gasteiger partial charge >= 0.3 is 5.69 Å². The number of hydrogen-bond acceptors (Lipinski definition) is 3. The largest absolute Gasteiger partial charge is 0.482 e. The molecule has 0 aliphatic heterocycles. The summed E-state index contributed by atoms with van der Waals surface area (Å²) in [4.78, 5) is 10.0. The molecule has 4 nitrogen and oxygen atoms in total. The lowest BCUT2D eigenvalue weighted by molar-refractivity contribution is -0.386. The molecule has 0 N–H and O–H groups in total. The normalized spacial score (nSPS) is 10.2. The maximum atomic E-state index is 12.9. The standard InChI is InChI=1S/C13H9F2NO3/c14-10-3-1-9(2-4-10)8-19-13-6-5-11(15)7-12(13)16(17)18/h1-7H,8H2. The van der Waals surface area contributed by atoms with Crippen molar-refractivity contribution >= 4 is 5.69 Å². The molecule has 0 aliphatic carbocycles. The van der Waals surface area contributed by atoms with E-state index in [-0.39, 0.29) is 18.2 Å². The Labute approximate surface area is 107 Å². The number of nitrogens with zero attached hydrogens (tertiary/aromatic N) is 1. The monoisotopic (exact) mass is 265 g/mol. The Kier molecular flexibility index (Phi) is 3.70. The fraction of sp³-hybridized carbons (Fsp3) is 0.0769. The fourth-order valence-electron chi connectivity index (χ4n) is 1.50. The van der Waals surface area contributed by atoms with E-state index in [1.165, 1.54) is 30.3 Å². The summed E-state index contributed by atoms with van der Waals surface area (Å²) in [5, 5.41) is 10.7. The molecule has 0 saturated heterocycles. The number of benzene rings is 2. The van der Waals surface area contributed by atoms with Crippen molar-refractivity contribution < 1.29 is 18.4 Å². The van der Waals surface area contributed by atoms with Crippen LogP contribution in [-0.4, -0.2) is 4.92 Å². The first kappa shape index (κ1) is 12.9. The molecule has 0 unspecified atom stereocenters. The van der Waals surface area contributed by atoms with Gasteiger partial charge in [0, 0.05) is 0 Å². The Morgan fingerprint density at radius 3 is 2.32 bits per heavy atom. The van der Waals surface area contributed by atoms with Crippen molar-refractivity contribution in [1.29, 1.82) is 0 Å². The summed E-state index contributed by atoms with van der Waals surface area (Å²) in [6.45, 7) is 0.0345. The third kappa shape index (κ3) is 3.25. The van der Waals surface area contributed by atoms with E-state index in [4.69, 9.17) is 4.74 Å². The van der Waals surface area contributed by atoms with Crippen molar-refractivity contribution in [2.24, 2.45) is 0 Å². The molecule has 2 rings (SSSR count). The third-order valence-corrected chi connectivity index (χ3v) is 2.43. The molecule has 0 amide bonds. The Bertz CT molecular complexity index is 599. The van der Waals surface area contributed by atoms with Gasteiger partial charge in [0.2, 0.25) is 0 Å². The van der Waals surface area contributed by atoms with Crippen LogP contribution in [-0.2, 0) is 6.61 Å². The first-order valence-electron chi connectivity index (χ1n) is 5.37. The molecule has 0 fully saturated rings. The van der Waals surface area contributed by atoms with E-state index < -0.39 is 16.4 Å². The van der Waals surface area contributed by atoms with Gasteiger partial charge < -0.3 is 4.74 Å². The minimum atomic E-state index is -0.719. The third-order valence-electron chi connectivity index (χ3n) is 2.43. The zero-order valence-electron chi connectivity index (χ0n) is 9.68. The highest BCUT2D eigenvalue weighted by Gasteiger charge is 2.16. The van der Waals surface area contributed by atoms with Crippen molar-refractivity contribution in [2.45, 2.75) is 6.61 Å². The van der Waals surface area contributed by atoms with Crippen molar-refractivity contribution in [3.8, 4) is 5.75 Å². The van der Waals surface area contributed by atoms with Crippen LogP contribution in [0.2, 0.25) is 0 Å². The molecule has 2 aromatic rings. The second-order valence-corrected chi connectivity index (χ2v) is 3.78. The number of nitro benzene ring substituents is 1.